The molecule has 136 valence electrons. The van der Waals surface area contributed by atoms with E-state index in [1.54, 1.807) is 0 Å². The summed E-state index contributed by atoms with van der Waals surface area (Å²) in [6, 6.07) is 2.40. The van der Waals surface area contributed by atoms with Crippen molar-refractivity contribution >= 4 is 16.6 Å². The van der Waals surface area contributed by atoms with Crippen LogP contribution in [0.2, 0.25) is 38.3 Å². The van der Waals surface area contributed by atoms with E-state index < -0.39 is 16.6 Å². The SMILES string of the molecule is C[Si](C)(CCCOCC1CC1)O[Si](C)(C)CCCOCC1CO1. The standard InChI is InChI=1S/C17H36O4Si2/c1-22(2,11-5-9-18-13-16-7-8-16)21-23(3,4)12-6-10-19-14-17-15-20-17/h16-17H,5-15H2,1-4H3. The fourth-order valence-electron chi connectivity index (χ4n) is 2.96. The van der Waals surface area contributed by atoms with E-state index in [1.165, 1.54) is 24.9 Å². The summed E-state index contributed by atoms with van der Waals surface area (Å²) in [5.74, 6) is 0.872. The van der Waals surface area contributed by atoms with Crippen LogP contribution in [0.15, 0.2) is 0 Å². The first kappa shape index (κ1) is 19.6. The van der Waals surface area contributed by atoms with Crippen LogP contribution < -0.4 is 0 Å². The topological polar surface area (TPSA) is 40.2 Å². The van der Waals surface area contributed by atoms with E-state index in [4.69, 9.17) is 18.3 Å². The van der Waals surface area contributed by atoms with Gasteiger partial charge in [0.1, 0.15) is 6.10 Å². The molecule has 0 aromatic rings. The molecule has 4 nitrogen and oxygen atoms in total. The normalized spacial score (nSPS) is 21.7. The molecule has 2 rings (SSSR count). The molecule has 0 bridgehead atoms. The molecule has 2 fully saturated rings. The van der Waals surface area contributed by atoms with Gasteiger partial charge < -0.3 is 18.3 Å². The highest BCUT2D eigenvalue weighted by Crippen LogP contribution is 2.29. The van der Waals surface area contributed by atoms with E-state index in [-0.39, 0.29) is 0 Å². The van der Waals surface area contributed by atoms with Gasteiger partial charge in [0.05, 0.1) is 13.2 Å². The first-order valence-corrected chi connectivity index (χ1v) is 15.6. The van der Waals surface area contributed by atoms with E-state index >= 15 is 0 Å². The minimum absolute atomic E-state index is 0.380. The summed E-state index contributed by atoms with van der Waals surface area (Å²) >= 11 is 0. The molecular weight excluding hydrogens is 324 g/mol. The van der Waals surface area contributed by atoms with Crippen molar-refractivity contribution in [1.29, 1.82) is 0 Å². The minimum atomic E-state index is -1.57. The van der Waals surface area contributed by atoms with Crippen molar-refractivity contribution in [2.24, 2.45) is 5.92 Å². The van der Waals surface area contributed by atoms with Crippen molar-refractivity contribution in [2.45, 2.75) is 70.1 Å². The molecule has 23 heavy (non-hydrogen) atoms. The van der Waals surface area contributed by atoms with Gasteiger partial charge in [-0.25, -0.2) is 0 Å². The van der Waals surface area contributed by atoms with E-state index in [9.17, 15) is 0 Å². The Morgan fingerprint density at radius 3 is 1.87 bits per heavy atom. The molecule has 2 aliphatic rings. The Morgan fingerprint density at radius 2 is 1.39 bits per heavy atom. The van der Waals surface area contributed by atoms with Crippen LogP contribution in [-0.2, 0) is 18.3 Å². The van der Waals surface area contributed by atoms with Crippen LogP contribution in [0.5, 0.6) is 0 Å². The Balaban J connectivity index is 1.50. The van der Waals surface area contributed by atoms with E-state index in [0.717, 1.165) is 51.8 Å². The maximum absolute atomic E-state index is 6.65. The highest BCUT2D eigenvalue weighted by Gasteiger charge is 2.32. The molecule has 1 aliphatic carbocycles. The van der Waals surface area contributed by atoms with Crippen LogP contribution >= 0.6 is 0 Å². The molecule has 0 N–H and O–H groups in total. The summed E-state index contributed by atoms with van der Waals surface area (Å²) in [4.78, 5) is 0. The molecule has 1 saturated heterocycles. The minimum Gasteiger partial charge on any atom is -0.455 e. The lowest BCUT2D eigenvalue weighted by Gasteiger charge is -2.34. The average Bonchev–Trinajstić information content (AvgIpc) is 3.31. The summed E-state index contributed by atoms with van der Waals surface area (Å²) in [5.41, 5.74) is 0. The lowest BCUT2D eigenvalue weighted by atomic mass is 10.4. The predicted octanol–water partition coefficient (Wildman–Crippen LogP) is 4.04. The quantitative estimate of drug-likeness (QED) is 0.266. The van der Waals surface area contributed by atoms with Crippen LogP contribution in [0.25, 0.3) is 0 Å². The van der Waals surface area contributed by atoms with Gasteiger partial charge >= 0.3 is 0 Å². The number of epoxide rings is 1. The molecule has 0 radical (unpaired) electrons. The van der Waals surface area contributed by atoms with Gasteiger partial charge in [-0.2, -0.15) is 0 Å². The molecule has 1 saturated carbocycles. The molecule has 0 aromatic heterocycles. The molecule has 0 aromatic carbocycles. The van der Waals surface area contributed by atoms with Crippen LogP contribution in [-0.4, -0.2) is 55.8 Å². The van der Waals surface area contributed by atoms with E-state index in [2.05, 4.69) is 26.2 Å². The van der Waals surface area contributed by atoms with Gasteiger partial charge in [-0.05, 0) is 69.9 Å². The van der Waals surface area contributed by atoms with Crippen molar-refractivity contribution < 1.29 is 18.3 Å². The van der Waals surface area contributed by atoms with Gasteiger partial charge in [-0.1, -0.05) is 0 Å². The molecule has 1 heterocycles. The zero-order valence-electron chi connectivity index (χ0n) is 15.6. The Bertz CT molecular complexity index is 309. The highest BCUT2D eigenvalue weighted by atomic mass is 28.4. The zero-order chi connectivity index (χ0) is 16.8. The summed E-state index contributed by atoms with van der Waals surface area (Å²) in [6.07, 6.45) is 5.40. The second-order valence-electron chi connectivity index (χ2n) is 8.38. The van der Waals surface area contributed by atoms with Crippen LogP contribution in [0.4, 0.5) is 0 Å². The third-order valence-electron chi connectivity index (χ3n) is 4.44. The molecule has 0 spiro atoms. The number of hydrogen-bond acceptors (Lipinski definition) is 4. The second-order valence-corrected chi connectivity index (χ2v) is 17.2. The smallest absolute Gasteiger partial charge is 0.173 e. The van der Waals surface area contributed by atoms with Gasteiger partial charge in [-0.3, -0.25) is 0 Å². The Hall–Kier alpha value is 0.274. The summed E-state index contributed by atoms with van der Waals surface area (Å²) in [5, 5.41) is 0. The van der Waals surface area contributed by atoms with Crippen LogP contribution in [0.1, 0.15) is 25.7 Å². The van der Waals surface area contributed by atoms with Gasteiger partial charge in [-0.15, -0.1) is 0 Å². The lowest BCUT2D eigenvalue weighted by molar-refractivity contribution is 0.116. The number of hydrogen-bond donors (Lipinski definition) is 0. The van der Waals surface area contributed by atoms with Gasteiger partial charge in [0.2, 0.25) is 0 Å². The van der Waals surface area contributed by atoms with Crippen molar-refractivity contribution in [3.8, 4) is 0 Å². The van der Waals surface area contributed by atoms with Crippen molar-refractivity contribution in [3.05, 3.63) is 0 Å². The summed E-state index contributed by atoms with van der Waals surface area (Å²) in [7, 11) is -3.12. The third kappa shape index (κ3) is 9.99. The Morgan fingerprint density at radius 1 is 0.870 bits per heavy atom. The van der Waals surface area contributed by atoms with E-state index in [1.807, 2.05) is 0 Å². The molecule has 1 unspecified atom stereocenters. The van der Waals surface area contributed by atoms with Crippen molar-refractivity contribution in [1.82, 2.24) is 0 Å². The molecule has 1 aliphatic heterocycles. The van der Waals surface area contributed by atoms with E-state index in [0.29, 0.717) is 6.10 Å². The zero-order valence-corrected chi connectivity index (χ0v) is 17.6. The first-order valence-electron chi connectivity index (χ1n) is 9.34. The first-order chi connectivity index (χ1) is 10.9. The summed E-state index contributed by atoms with van der Waals surface area (Å²) in [6.45, 7) is 13.8. The van der Waals surface area contributed by atoms with Crippen molar-refractivity contribution in [2.75, 3.05) is 33.0 Å². The molecule has 6 heteroatoms. The molecular formula is C17H36O4Si2. The fourth-order valence-corrected chi connectivity index (χ4v) is 11.8. The third-order valence-corrected chi connectivity index (χ3v) is 12.0. The van der Waals surface area contributed by atoms with Crippen molar-refractivity contribution in [3.63, 3.8) is 0 Å². The average molecular weight is 361 g/mol. The van der Waals surface area contributed by atoms with Gasteiger partial charge in [0.15, 0.2) is 16.6 Å². The Labute approximate surface area is 144 Å². The monoisotopic (exact) mass is 360 g/mol. The van der Waals surface area contributed by atoms with Crippen LogP contribution in [0.3, 0.4) is 0 Å². The maximum atomic E-state index is 6.65. The number of ether oxygens (including phenoxy) is 3. The largest absolute Gasteiger partial charge is 0.455 e. The molecule has 1 atom stereocenters. The second kappa shape index (κ2) is 9.10. The van der Waals surface area contributed by atoms with Gasteiger partial charge in [0, 0.05) is 19.8 Å². The maximum Gasteiger partial charge on any atom is 0.173 e. The predicted molar refractivity (Wildman–Crippen MR) is 99.0 cm³/mol. The molecule has 0 amide bonds. The summed E-state index contributed by atoms with van der Waals surface area (Å²) < 4.78 is 23.2. The van der Waals surface area contributed by atoms with Crippen LogP contribution in [0, 0.1) is 5.92 Å². The Kier molecular flexibility index (Phi) is 7.76. The number of rotatable bonds is 14. The fraction of sp³-hybridized carbons (Fsp3) is 1.00. The lowest BCUT2D eigenvalue weighted by Crippen LogP contribution is -2.44. The highest BCUT2D eigenvalue weighted by molar-refractivity contribution is 6.84. The van der Waals surface area contributed by atoms with Gasteiger partial charge in [0.25, 0.3) is 0 Å².